The average Bonchev–Trinajstić information content (AvgIpc) is 3.05. The van der Waals surface area contributed by atoms with Gasteiger partial charge in [0.05, 0.1) is 26.2 Å². The molecule has 0 bridgehead atoms. The topological polar surface area (TPSA) is 0 Å². The Labute approximate surface area is 256 Å². The fourth-order valence-electron chi connectivity index (χ4n) is 7.87. The predicted octanol–water partition coefficient (Wildman–Crippen LogP) is 8.97. The lowest BCUT2D eigenvalue weighted by Gasteiger charge is -2.57. The molecule has 3 rings (SSSR count). The summed E-state index contributed by atoms with van der Waals surface area (Å²) >= 11 is 0. The minimum atomic E-state index is -2.25. The van der Waals surface area contributed by atoms with Crippen LogP contribution in [0.4, 0.5) is 0 Å². The van der Waals surface area contributed by atoms with Gasteiger partial charge in [-0.25, -0.2) is 0 Å². The first kappa shape index (κ1) is 35.1. The van der Waals surface area contributed by atoms with Crippen LogP contribution >= 0.6 is 0 Å². The molecule has 0 saturated heterocycles. The van der Waals surface area contributed by atoms with Gasteiger partial charge in [0.2, 0.25) is 0 Å². The number of hydrogen-bond donors (Lipinski definition) is 0. The highest BCUT2D eigenvalue weighted by molar-refractivity contribution is 7.56. The van der Waals surface area contributed by atoms with E-state index in [-0.39, 0.29) is 0 Å². The van der Waals surface area contributed by atoms with Gasteiger partial charge >= 0.3 is 0 Å². The second-order valence-electron chi connectivity index (χ2n) is 12.4. The summed E-state index contributed by atoms with van der Waals surface area (Å²) in [6, 6.07) is 35.1. The number of nitrogens with zero attached hydrogens (tertiary/aromatic N) is 1. The molecule has 0 amide bonds. The van der Waals surface area contributed by atoms with E-state index in [2.05, 4.69) is 139 Å². The Morgan fingerprint density at radius 3 is 0.902 bits per heavy atom. The third-order valence-electron chi connectivity index (χ3n) is 10.6. The number of rotatable bonds is 17. The lowest BCUT2D eigenvalue weighted by atomic mass is 9.38. The van der Waals surface area contributed by atoms with E-state index in [0.29, 0.717) is 0 Å². The SMILES string of the molecule is CCCC[B-](CCCC)(CCCC)[Si](c1ccccc1)(c1ccccc1)c1ccccc1.CC[N+](CC)(CC)CC. The van der Waals surface area contributed by atoms with Crippen molar-refractivity contribution in [2.24, 2.45) is 0 Å². The van der Waals surface area contributed by atoms with Gasteiger partial charge in [-0.05, 0) is 27.7 Å². The van der Waals surface area contributed by atoms with Gasteiger partial charge in [0.15, 0.2) is 0 Å². The summed E-state index contributed by atoms with van der Waals surface area (Å²) in [4.78, 5) is 0. The van der Waals surface area contributed by atoms with Gasteiger partial charge in [-0.3, -0.25) is 0 Å². The first-order valence-electron chi connectivity index (χ1n) is 17.2. The van der Waals surface area contributed by atoms with Gasteiger partial charge in [-0.2, -0.15) is 19.0 Å². The van der Waals surface area contributed by atoms with Crippen LogP contribution in [0.15, 0.2) is 91.0 Å². The van der Waals surface area contributed by atoms with Crippen LogP contribution in [0.1, 0.15) is 87.0 Å². The highest BCUT2D eigenvalue weighted by Crippen LogP contribution is 2.36. The molecule has 0 aromatic heterocycles. The fraction of sp³-hybridized carbons (Fsp3) is 0.526. The summed E-state index contributed by atoms with van der Waals surface area (Å²) in [6.07, 6.45) is 12.0. The normalized spacial score (nSPS) is 12.1. The lowest BCUT2D eigenvalue weighted by Crippen LogP contribution is -2.82. The van der Waals surface area contributed by atoms with Crippen molar-refractivity contribution in [3.8, 4) is 0 Å². The van der Waals surface area contributed by atoms with Crippen LogP contribution in [0.5, 0.6) is 0 Å². The van der Waals surface area contributed by atoms with Gasteiger partial charge in [0.25, 0.3) is 0 Å². The van der Waals surface area contributed by atoms with Gasteiger partial charge in [-0.15, -0.1) is 0 Å². The molecular formula is C38H62BNSi. The van der Waals surface area contributed by atoms with Crippen LogP contribution in [0.3, 0.4) is 0 Å². The number of quaternary nitrogens is 1. The maximum Gasteiger partial charge on any atom is 0.0757 e. The van der Waals surface area contributed by atoms with Crippen LogP contribution in [0.25, 0.3) is 0 Å². The standard InChI is InChI=1S/C30H42BSi.C8H20N/c1-4-7-25-31(26-8-5-2,27-9-6-3)32(28-19-13-10-14-20-28,29-21-15-11-16-22-29)30-23-17-12-18-24-30;1-5-9(6-2,7-3)8-4/h10-24H,4-9,25-27H2,1-3H3;5-8H2,1-4H3/q-1;+1. The third-order valence-corrected chi connectivity index (χ3v) is 17.1. The summed E-state index contributed by atoms with van der Waals surface area (Å²) < 4.78 is 1.28. The van der Waals surface area contributed by atoms with Gasteiger partial charge in [-0.1, -0.05) is 166 Å². The molecule has 0 heterocycles. The largest absolute Gasteiger partial charge is 0.325 e. The van der Waals surface area contributed by atoms with Crippen LogP contribution in [-0.2, 0) is 0 Å². The average molecular weight is 572 g/mol. The molecule has 41 heavy (non-hydrogen) atoms. The van der Waals surface area contributed by atoms with Gasteiger partial charge in [0, 0.05) is 13.7 Å². The van der Waals surface area contributed by atoms with Crippen molar-refractivity contribution in [1.82, 2.24) is 0 Å². The van der Waals surface area contributed by atoms with E-state index in [1.807, 2.05) is 0 Å². The van der Waals surface area contributed by atoms with Crippen molar-refractivity contribution in [2.45, 2.75) is 106 Å². The van der Waals surface area contributed by atoms with Crippen molar-refractivity contribution in [1.29, 1.82) is 0 Å². The highest BCUT2D eigenvalue weighted by Gasteiger charge is 2.49. The van der Waals surface area contributed by atoms with E-state index in [1.165, 1.54) is 88.1 Å². The molecule has 3 aromatic rings. The molecule has 0 radical (unpaired) electrons. The molecule has 0 spiro atoms. The van der Waals surface area contributed by atoms with Crippen molar-refractivity contribution in [2.75, 3.05) is 26.2 Å². The molecule has 0 fully saturated rings. The maximum absolute atomic E-state index is 2.46. The summed E-state index contributed by atoms with van der Waals surface area (Å²) in [7, 11) is -2.25. The lowest BCUT2D eigenvalue weighted by molar-refractivity contribution is -0.921. The molecule has 0 saturated carbocycles. The Bertz CT molecular complexity index is 913. The minimum absolute atomic E-state index is 0.600. The van der Waals surface area contributed by atoms with Crippen LogP contribution in [0.2, 0.25) is 19.0 Å². The van der Waals surface area contributed by atoms with Gasteiger partial charge in [0.1, 0.15) is 0 Å². The van der Waals surface area contributed by atoms with E-state index in [1.54, 1.807) is 15.6 Å². The molecule has 226 valence electrons. The molecular weight excluding hydrogens is 509 g/mol. The Hall–Kier alpha value is -2.10. The molecule has 0 unspecified atom stereocenters. The fourth-order valence-corrected chi connectivity index (χ4v) is 15.1. The monoisotopic (exact) mass is 571 g/mol. The number of unbranched alkanes of at least 4 members (excludes halogenated alkanes) is 3. The zero-order valence-electron chi connectivity index (χ0n) is 27.9. The molecule has 0 aliphatic heterocycles. The van der Waals surface area contributed by atoms with Crippen LogP contribution in [-0.4, -0.2) is 44.3 Å². The Balaban J connectivity index is 0.000000564. The van der Waals surface area contributed by atoms with E-state index >= 15 is 0 Å². The molecule has 0 atom stereocenters. The minimum Gasteiger partial charge on any atom is -0.325 e. The Morgan fingerprint density at radius 2 is 0.707 bits per heavy atom. The number of benzene rings is 3. The molecule has 3 heteroatoms. The first-order valence-corrected chi connectivity index (χ1v) is 19.3. The second-order valence-corrected chi connectivity index (χ2v) is 17.0. The predicted molar refractivity (Wildman–Crippen MR) is 191 cm³/mol. The zero-order chi connectivity index (χ0) is 30.0. The van der Waals surface area contributed by atoms with E-state index in [4.69, 9.17) is 0 Å². The van der Waals surface area contributed by atoms with Crippen molar-refractivity contribution in [3.63, 3.8) is 0 Å². The van der Waals surface area contributed by atoms with E-state index < -0.39 is 13.7 Å². The maximum atomic E-state index is 2.46. The van der Waals surface area contributed by atoms with E-state index in [9.17, 15) is 0 Å². The van der Waals surface area contributed by atoms with Crippen LogP contribution in [0, 0.1) is 0 Å². The Kier molecular flexibility index (Phi) is 15.8. The van der Waals surface area contributed by atoms with E-state index in [0.717, 1.165) is 0 Å². The summed E-state index contributed by atoms with van der Waals surface area (Å²) in [5.74, 6) is 0. The third kappa shape index (κ3) is 8.48. The summed E-state index contributed by atoms with van der Waals surface area (Å²) in [6.45, 7) is 21.3. The Morgan fingerprint density at radius 1 is 0.439 bits per heavy atom. The zero-order valence-corrected chi connectivity index (χ0v) is 28.9. The summed E-state index contributed by atoms with van der Waals surface area (Å²) in [5, 5.41) is 4.84. The highest BCUT2D eigenvalue weighted by atomic mass is 28.3. The van der Waals surface area contributed by atoms with Crippen molar-refractivity contribution in [3.05, 3.63) is 91.0 Å². The molecule has 3 aromatic carbocycles. The molecule has 0 aliphatic carbocycles. The van der Waals surface area contributed by atoms with Gasteiger partial charge < -0.3 is 4.48 Å². The van der Waals surface area contributed by atoms with Crippen molar-refractivity contribution < 1.29 is 4.48 Å². The first-order chi connectivity index (χ1) is 20.0. The summed E-state index contributed by atoms with van der Waals surface area (Å²) in [5.41, 5.74) is -0.600. The van der Waals surface area contributed by atoms with Crippen LogP contribution < -0.4 is 15.6 Å². The smallest absolute Gasteiger partial charge is 0.0757 e. The quantitative estimate of drug-likeness (QED) is 0.0862. The molecule has 1 nitrogen and oxygen atoms in total. The number of hydrogen-bond acceptors (Lipinski definition) is 0. The molecule has 0 aliphatic rings. The molecule has 0 N–H and O–H groups in total. The second kappa shape index (κ2) is 18.4. The van der Waals surface area contributed by atoms with Crippen molar-refractivity contribution >= 4 is 29.2 Å².